The van der Waals surface area contributed by atoms with Crippen molar-refractivity contribution in [2.45, 2.75) is 18.9 Å². The number of nitrogens with zero attached hydrogens (tertiary/aromatic N) is 4. The average Bonchev–Trinajstić information content (AvgIpc) is 3.33. The Hall–Kier alpha value is -2.09. The topological polar surface area (TPSA) is 43.1 Å². The Balaban J connectivity index is 1.58. The molecule has 0 aliphatic carbocycles. The van der Waals surface area contributed by atoms with Crippen molar-refractivity contribution in [1.29, 1.82) is 0 Å². The lowest BCUT2D eigenvalue weighted by Crippen LogP contribution is -2.41. The van der Waals surface area contributed by atoms with Gasteiger partial charge in [0.1, 0.15) is 5.69 Å². The summed E-state index contributed by atoms with van der Waals surface area (Å²) in [6, 6.07) is 14.2. The van der Waals surface area contributed by atoms with Crippen LogP contribution in [0.25, 0.3) is 5.69 Å². The molecule has 0 saturated carbocycles. The van der Waals surface area contributed by atoms with Crippen molar-refractivity contribution < 1.29 is 4.79 Å². The van der Waals surface area contributed by atoms with Crippen LogP contribution in [-0.4, -0.2) is 38.2 Å². The van der Waals surface area contributed by atoms with Gasteiger partial charge in [-0.05, 0) is 71.8 Å². The van der Waals surface area contributed by atoms with E-state index in [4.69, 9.17) is 0 Å². The van der Waals surface area contributed by atoms with Crippen LogP contribution in [0.15, 0.2) is 61.1 Å². The maximum absolute atomic E-state index is 13.1. The summed E-state index contributed by atoms with van der Waals surface area (Å²) in [5, 5.41) is 4.34. The van der Waals surface area contributed by atoms with Gasteiger partial charge < -0.3 is 9.47 Å². The molecule has 1 saturated heterocycles. The zero-order valence-electron chi connectivity index (χ0n) is 13.8. The lowest BCUT2D eigenvalue weighted by atomic mass is 10.1. The predicted molar refractivity (Wildman–Crippen MR) is 105 cm³/mol. The van der Waals surface area contributed by atoms with Crippen molar-refractivity contribution >= 4 is 28.5 Å². The molecule has 1 aliphatic rings. The quantitative estimate of drug-likeness (QED) is 0.576. The Bertz CT molecular complexity index is 871. The minimum atomic E-state index is 0.0840. The Kier molecular flexibility index (Phi) is 4.61. The molecule has 1 amide bonds. The first-order chi connectivity index (χ1) is 12.2. The average molecular weight is 446 g/mol. The lowest BCUT2D eigenvalue weighted by molar-refractivity contribution is 0.0665. The fraction of sp³-hybridized carbons (Fsp3) is 0.263. The first-order valence-electron chi connectivity index (χ1n) is 8.44. The molecule has 3 aromatic rings. The standard InChI is InChI=1S/C19H19IN4O/c20-15-5-1-6-16(13-15)23-11-3-8-18(23)19(25)22-10-2-7-17(14-22)24-12-4-9-21-24/h1,3-6,8-9,11-13,17H,2,7,10,14H2. The van der Waals surface area contributed by atoms with Crippen molar-refractivity contribution in [2.75, 3.05) is 13.1 Å². The number of rotatable bonds is 3. The number of aromatic nitrogens is 3. The van der Waals surface area contributed by atoms with Crippen molar-refractivity contribution in [3.8, 4) is 5.69 Å². The van der Waals surface area contributed by atoms with Gasteiger partial charge in [0.25, 0.3) is 5.91 Å². The van der Waals surface area contributed by atoms with Gasteiger partial charge in [-0.3, -0.25) is 9.48 Å². The van der Waals surface area contributed by atoms with Crippen molar-refractivity contribution in [3.63, 3.8) is 0 Å². The van der Waals surface area contributed by atoms with E-state index in [1.165, 1.54) is 0 Å². The summed E-state index contributed by atoms with van der Waals surface area (Å²) in [4.78, 5) is 15.1. The number of hydrogen-bond acceptors (Lipinski definition) is 2. The monoisotopic (exact) mass is 446 g/mol. The van der Waals surface area contributed by atoms with E-state index in [2.05, 4.69) is 33.8 Å². The number of piperidine rings is 1. The van der Waals surface area contributed by atoms with Gasteiger partial charge in [-0.2, -0.15) is 5.10 Å². The summed E-state index contributed by atoms with van der Waals surface area (Å²) in [6.07, 6.45) is 7.79. The van der Waals surface area contributed by atoms with Crippen LogP contribution >= 0.6 is 22.6 Å². The molecule has 6 heteroatoms. The van der Waals surface area contributed by atoms with Gasteiger partial charge in [-0.25, -0.2) is 0 Å². The summed E-state index contributed by atoms with van der Waals surface area (Å²) < 4.78 is 5.10. The summed E-state index contributed by atoms with van der Waals surface area (Å²) in [6.45, 7) is 1.51. The summed E-state index contributed by atoms with van der Waals surface area (Å²) >= 11 is 2.29. The number of amides is 1. The van der Waals surface area contributed by atoms with Gasteiger partial charge >= 0.3 is 0 Å². The fourth-order valence-corrected chi connectivity index (χ4v) is 3.95. The highest BCUT2D eigenvalue weighted by atomic mass is 127. The molecule has 0 radical (unpaired) electrons. The highest BCUT2D eigenvalue weighted by molar-refractivity contribution is 14.1. The highest BCUT2D eigenvalue weighted by Crippen LogP contribution is 2.23. The van der Waals surface area contributed by atoms with Gasteiger partial charge in [0.05, 0.1) is 6.04 Å². The fourth-order valence-electron chi connectivity index (χ4n) is 3.42. The van der Waals surface area contributed by atoms with Gasteiger partial charge in [0.2, 0.25) is 0 Å². The molecule has 1 aromatic carbocycles. The Labute approximate surface area is 160 Å². The van der Waals surface area contributed by atoms with Gasteiger partial charge in [0.15, 0.2) is 0 Å². The summed E-state index contributed by atoms with van der Waals surface area (Å²) in [5.74, 6) is 0.0840. The molecule has 3 heterocycles. The van der Waals surface area contributed by atoms with E-state index in [0.29, 0.717) is 12.2 Å². The molecular weight excluding hydrogens is 427 g/mol. The third-order valence-corrected chi connectivity index (χ3v) is 5.31. The number of benzene rings is 1. The second-order valence-electron chi connectivity index (χ2n) is 6.28. The largest absolute Gasteiger partial charge is 0.335 e. The number of likely N-dealkylation sites (tertiary alicyclic amines) is 1. The second kappa shape index (κ2) is 7.03. The first-order valence-corrected chi connectivity index (χ1v) is 9.52. The van der Waals surface area contributed by atoms with Crippen LogP contribution < -0.4 is 0 Å². The molecule has 4 rings (SSSR count). The van der Waals surface area contributed by atoms with Crippen LogP contribution in [0.4, 0.5) is 0 Å². The van der Waals surface area contributed by atoms with E-state index < -0.39 is 0 Å². The van der Waals surface area contributed by atoms with E-state index in [1.54, 1.807) is 6.20 Å². The normalized spacial score (nSPS) is 17.6. The van der Waals surface area contributed by atoms with Crippen molar-refractivity contribution in [3.05, 3.63) is 70.3 Å². The molecule has 2 aromatic heterocycles. The molecule has 0 bridgehead atoms. The third-order valence-electron chi connectivity index (χ3n) is 4.64. The molecule has 0 spiro atoms. The van der Waals surface area contributed by atoms with Crippen LogP contribution in [0.5, 0.6) is 0 Å². The molecule has 1 atom stereocenters. The molecule has 0 N–H and O–H groups in total. The smallest absolute Gasteiger partial charge is 0.270 e. The molecular formula is C19H19IN4O. The summed E-state index contributed by atoms with van der Waals surface area (Å²) in [7, 11) is 0. The Morgan fingerprint density at radius 1 is 1.16 bits per heavy atom. The SMILES string of the molecule is O=C(c1cccn1-c1cccc(I)c1)N1CCCC(n2cccn2)C1. The summed E-state index contributed by atoms with van der Waals surface area (Å²) in [5.41, 5.74) is 1.73. The van der Waals surface area contributed by atoms with E-state index >= 15 is 0 Å². The molecule has 1 fully saturated rings. The zero-order chi connectivity index (χ0) is 17.2. The Morgan fingerprint density at radius 2 is 2.08 bits per heavy atom. The lowest BCUT2D eigenvalue weighted by Gasteiger charge is -2.33. The zero-order valence-corrected chi connectivity index (χ0v) is 15.9. The van der Waals surface area contributed by atoms with Gasteiger partial charge in [-0.15, -0.1) is 0 Å². The van der Waals surface area contributed by atoms with Crippen LogP contribution in [-0.2, 0) is 0 Å². The number of halogens is 1. The minimum Gasteiger partial charge on any atom is -0.335 e. The molecule has 1 aliphatic heterocycles. The minimum absolute atomic E-state index is 0.0840. The first kappa shape index (κ1) is 16.4. The Morgan fingerprint density at radius 3 is 2.88 bits per heavy atom. The van der Waals surface area contributed by atoms with Crippen LogP contribution in [0.1, 0.15) is 29.4 Å². The van der Waals surface area contributed by atoms with E-state index in [-0.39, 0.29) is 11.9 Å². The maximum Gasteiger partial charge on any atom is 0.270 e. The number of carbonyl (C=O) groups excluding carboxylic acids is 1. The van der Waals surface area contributed by atoms with Gasteiger partial charge in [-0.1, -0.05) is 6.07 Å². The van der Waals surface area contributed by atoms with Crippen LogP contribution in [0, 0.1) is 3.57 Å². The molecule has 1 unspecified atom stereocenters. The van der Waals surface area contributed by atoms with Crippen LogP contribution in [0.3, 0.4) is 0 Å². The molecule has 25 heavy (non-hydrogen) atoms. The van der Waals surface area contributed by atoms with E-state index in [9.17, 15) is 4.79 Å². The maximum atomic E-state index is 13.1. The second-order valence-corrected chi connectivity index (χ2v) is 7.52. The van der Waals surface area contributed by atoms with Gasteiger partial charge in [0, 0.05) is 40.9 Å². The van der Waals surface area contributed by atoms with E-state index in [0.717, 1.165) is 28.6 Å². The highest BCUT2D eigenvalue weighted by Gasteiger charge is 2.27. The van der Waals surface area contributed by atoms with Crippen LogP contribution in [0.2, 0.25) is 0 Å². The number of hydrogen-bond donors (Lipinski definition) is 0. The molecule has 128 valence electrons. The molecule has 5 nitrogen and oxygen atoms in total. The number of carbonyl (C=O) groups is 1. The predicted octanol–water partition coefficient (Wildman–Crippen LogP) is 3.76. The van der Waals surface area contributed by atoms with Crippen molar-refractivity contribution in [2.24, 2.45) is 0 Å². The van der Waals surface area contributed by atoms with E-state index in [1.807, 2.05) is 62.9 Å². The van der Waals surface area contributed by atoms with Crippen molar-refractivity contribution in [1.82, 2.24) is 19.2 Å². The third kappa shape index (κ3) is 3.35.